The van der Waals surface area contributed by atoms with Gasteiger partial charge in [0.25, 0.3) is 0 Å². The summed E-state index contributed by atoms with van der Waals surface area (Å²) in [6.07, 6.45) is 3.54. The molecule has 2 unspecified atom stereocenters. The summed E-state index contributed by atoms with van der Waals surface area (Å²) in [7, 11) is 0. The second-order valence-corrected chi connectivity index (χ2v) is 6.43. The third kappa shape index (κ3) is 3.04. The molecular formula is C16H21N3OS. The lowest BCUT2D eigenvalue weighted by Gasteiger charge is -2.18. The van der Waals surface area contributed by atoms with Gasteiger partial charge in [-0.15, -0.1) is 0 Å². The fraction of sp³-hybridized carbons (Fsp3) is 0.438. The predicted molar refractivity (Wildman–Crippen MR) is 88.4 cm³/mol. The van der Waals surface area contributed by atoms with E-state index in [1.54, 1.807) is 0 Å². The molecule has 0 spiro atoms. The van der Waals surface area contributed by atoms with Gasteiger partial charge in [0.05, 0.1) is 5.56 Å². The Hall–Kier alpha value is -1.59. The van der Waals surface area contributed by atoms with Gasteiger partial charge in [-0.05, 0) is 41.8 Å². The van der Waals surface area contributed by atoms with Crippen LogP contribution in [-0.4, -0.2) is 22.6 Å². The number of nitrogens with one attached hydrogen (secondary N) is 1. The zero-order chi connectivity index (χ0) is 14.7. The predicted octanol–water partition coefficient (Wildman–Crippen LogP) is 3.21. The van der Waals surface area contributed by atoms with Crippen molar-refractivity contribution in [2.24, 2.45) is 11.8 Å². The molecule has 3 rings (SSSR count). The number of hydrogen-bond donors (Lipinski definition) is 3. The quantitative estimate of drug-likeness (QED) is 0.793. The third-order valence-corrected chi connectivity index (χ3v) is 5.18. The minimum atomic E-state index is 0.294. The van der Waals surface area contributed by atoms with Crippen LogP contribution in [0.5, 0.6) is 0 Å². The first-order valence-electron chi connectivity index (χ1n) is 7.45. The van der Waals surface area contributed by atoms with Gasteiger partial charge in [0, 0.05) is 13.2 Å². The molecule has 1 aromatic carbocycles. The molecule has 1 aliphatic rings. The molecule has 0 amide bonds. The van der Waals surface area contributed by atoms with Crippen molar-refractivity contribution in [2.75, 3.05) is 24.2 Å². The van der Waals surface area contributed by atoms with E-state index in [1.807, 2.05) is 18.2 Å². The zero-order valence-electron chi connectivity index (χ0n) is 12.0. The first-order valence-corrected chi connectivity index (χ1v) is 8.22. The Morgan fingerprint density at radius 1 is 1.24 bits per heavy atom. The lowest BCUT2D eigenvalue weighted by molar-refractivity contribution is 0.199. The summed E-state index contributed by atoms with van der Waals surface area (Å²) in [6, 6.07) is 10.1. The molecule has 0 aliphatic heterocycles. The van der Waals surface area contributed by atoms with Crippen LogP contribution in [0.15, 0.2) is 30.3 Å². The molecule has 21 heavy (non-hydrogen) atoms. The van der Waals surface area contributed by atoms with Crippen LogP contribution in [0.3, 0.4) is 0 Å². The van der Waals surface area contributed by atoms with Crippen molar-refractivity contribution in [3.8, 4) is 11.1 Å². The molecule has 0 bridgehead atoms. The van der Waals surface area contributed by atoms with Gasteiger partial charge in [-0.2, -0.15) is 4.37 Å². The monoisotopic (exact) mass is 303 g/mol. The Kier molecular flexibility index (Phi) is 4.41. The average Bonchev–Trinajstić information content (AvgIpc) is 3.12. The van der Waals surface area contributed by atoms with E-state index in [0.29, 0.717) is 24.3 Å². The second kappa shape index (κ2) is 6.45. The molecule has 0 radical (unpaired) electrons. The highest BCUT2D eigenvalue weighted by molar-refractivity contribution is 7.11. The highest BCUT2D eigenvalue weighted by Gasteiger charge is 2.26. The third-order valence-electron chi connectivity index (χ3n) is 4.36. The van der Waals surface area contributed by atoms with Gasteiger partial charge >= 0.3 is 0 Å². The maximum Gasteiger partial charge on any atom is 0.147 e. The maximum absolute atomic E-state index is 9.41. The lowest BCUT2D eigenvalue weighted by Crippen LogP contribution is -2.20. The Morgan fingerprint density at radius 2 is 2.00 bits per heavy atom. The van der Waals surface area contributed by atoms with Crippen molar-refractivity contribution >= 4 is 22.4 Å². The van der Waals surface area contributed by atoms with Crippen molar-refractivity contribution in [1.29, 1.82) is 0 Å². The summed E-state index contributed by atoms with van der Waals surface area (Å²) >= 11 is 1.41. The standard InChI is InChI=1S/C16H21N3OS/c17-15-14(11-5-2-1-3-6-11)16(21-19-15)18-9-12-7-4-8-13(12)10-20/h1-3,5-6,12-13,18,20H,4,7-10H2,(H2,17,19). The number of nitrogens with two attached hydrogens (primary N) is 1. The normalized spacial score (nSPS) is 21.6. The number of rotatable bonds is 5. The SMILES string of the molecule is Nc1nsc(NCC2CCCC2CO)c1-c1ccccc1. The van der Waals surface area contributed by atoms with Crippen LogP contribution < -0.4 is 11.1 Å². The van der Waals surface area contributed by atoms with Gasteiger partial charge in [-0.3, -0.25) is 0 Å². The van der Waals surface area contributed by atoms with Gasteiger partial charge in [0.2, 0.25) is 0 Å². The van der Waals surface area contributed by atoms with E-state index in [4.69, 9.17) is 5.73 Å². The van der Waals surface area contributed by atoms with E-state index in [0.717, 1.165) is 29.1 Å². The largest absolute Gasteiger partial charge is 0.396 e. The minimum Gasteiger partial charge on any atom is -0.396 e. The van der Waals surface area contributed by atoms with Crippen molar-refractivity contribution in [1.82, 2.24) is 4.37 Å². The van der Waals surface area contributed by atoms with E-state index in [1.165, 1.54) is 24.4 Å². The van der Waals surface area contributed by atoms with E-state index >= 15 is 0 Å². The molecule has 1 fully saturated rings. The summed E-state index contributed by atoms with van der Waals surface area (Å²) in [5.41, 5.74) is 8.12. The van der Waals surface area contributed by atoms with Gasteiger partial charge in [-0.1, -0.05) is 36.8 Å². The van der Waals surface area contributed by atoms with Crippen molar-refractivity contribution in [3.05, 3.63) is 30.3 Å². The second-order valence-electron chi connectivity index (χ2n) is 5.65. The minimum absolute atomic E-state index is 0.294. The Bertz CT molecular complexity index is 584. The Labute approximate surface area is 129 Å². The molecule has 1 aromatic heterocycles. The number of nitrogens with zero attached hydrogens (tertiary/aromatic N) is 1. The first-order chi connectivity index (χ1) is 10.3. The number of benzene rings is 1. The van der Waals surface area contributed by atoms with E-state index in [2.05, 4.69) is 21.8 Å². The fourth-order valence-electron chi connectivity index (χ4n) is 3.15. The number of aromatic nitrogens is 1. The smallest absolute Gasteiger partial charge is 0.147 e. The van der Waals surface area contributed by atoms with E-state index < -0.39 is 0 Å². The Morgan fingerprint density at radius 3 is 2.76 bits per heavy atom. The van der Waals surface area contributed by atoms with Crippen LogP contribution >= 0.6 is 11.5 Å². The van der Waals surface area contributed by atoms with Crippen molar-refractivity contribution in [2.45, 2.75) is 19.3 Å². The summed E-state index contributed by atoms with van der Waals surface area (Å²) in [4.78, 5) is 0. The van der Waals surface area contributed by atoms with E-state index in [-0.39, 0.29) is 0 Å². The summed E-state index contributed by atoms with van der Waals surface area (Å²) in [6.45, 7) is 1.18. The van der Waals surface area contributed by atoms with Crippen LogP contribution in [0.25, 0.3) is 11.1 Å². The number of aliphatic hydroxyl groups is 1. The van der Waals surface area contributed by atoms with Gasteiger partial charge in [0.1, 0.15) is 10.8 Å². The summed E-state index contributed by atoms with van der Waals surface area (Å²) in [5.74, 6) is 1.56. The van der Waals surface area contributed by atoms with Crippen molar-refractivity contribution < 1.29 is 5.11 Å². The molecule has 0 saturated heterocycles. The van der Waals surface area contributed by atoms with Crippen molar-refractivity contribution in [3.63, 3.8) is 0 Å². The van der Waals surface area contributed by atoms with Crippen LogP contribution in [0.4, 0.5) is 10.8 Å². The van der Waals surface area contributed by atoms with Crippen LogP contribution in [0.1, 0.15) is 19.3 Å². The first kappa shape index (κ1) is 14.4. The molecule has 112 valence electrons. The molecule has 4 N–H and O–H groups in total. The molecule has 5 heteroatoms. The fourth-order valence-corrected chi connectivity index (χ4v) is 3.90. The maximum atomic E-state index is 9.41. The highest BCUT2D eigenvalue weighted by Crippen LogP contribution is 2.38. The topological polar surface area (TPSA) is 71.2 Å². The molecule has 4 nitrogen and oxygen atoms in total. The van der Waals surface area contributed by atoms with Gasteiger partial charge in [0.15, 0.2) is 0 Å². The van der Waals surface area contributed by atoms with Crippen LogP contribution in [0.2, 0.25) is 0 Å². The molecule has 1 aliphatic carbocycles. The number of aliphatic hydroxyl groups excluding tert-OH is 1. The molecular weight excluding hydrogens is 282 g/mol. The van der Waals surface area contributed by atoms with Crippen LogP contribution in [-0.2, 0) is 0 Å². The summed E-state index contributed by atoms with van der Waals surface area (Å²) in [5, 5.41) is 13.9. The Balaban J connectivity index is 1.75. The highest BCUT2D eigenvalue weighted by atomic mass is 32.1. The number of hydrogen-bond acceptors (Lipinski definition) is 5. The van der Waals surface area contributed by atoms with Crippen LogP contribution in [0, 0.1) is 11.8 Å². The zero-order valence-corrected chi connectivity index (χ0v) is 12.8. The molecule has 1 heterocycles. The summed E-state index contributed by atoms with van der Waals surface area (Å²) < 4.78 is 4.28. The lowest BCUT2D eigenvalue weighted by atomic mass is 9.97. The molecule has 2 atom stereocenters. The average molecular weight is 303 g/mol. The number of anilines is 2. The van der Waals surface area contributed by atoms with Gasteiger partial charge < -0.3 is 16.2 Å². The molecule has 2 aromatic rings. The van der Waals surface area contributed by atoms with E-state index in [9.17, 15) is 5.11 Å². The molecule has 1 saturated carbocycles. The number of nitrogen functional groups attached to an aromatic ring is 1. The van der Waals surface area contributed by atoms with Gasteiger partial charge in [-0.25, -0.2) is 0 Å².